The molecule has 23 heavy (non-hydrogen) atoms. The van der Waals surface area contributed by atoms with E-state index in [0.29, 0.717) is 18.7 Å². The van der Waals surface area contributed by atoms with Crippen molar-refractivity contribution in [1.82, 2.24) is 15.6 Å². The van der Waals surface area contributed by atoms with Crippen molar-refractivity contribution in [2.24, 2.45) is 4.99 Å². The van der Waals surface area contributed by atoms with Gasteiger partial charge in [0.2, 0.25) is 0 Å². The summed E-state index contributed by atoms with van der Waals surface area (Å²) < 4.78 is 13.6. The minimum Gasteiger partial charge on any atom is -0.357 e. The second kappa shape index (κ2) is 8.06. The molecule has 0 amide bonds. The third kappa shape index (κ3) is 5.03. The fourth-order valence-electron chi connectivity index (χ4n) is 2.15. The van der Waals surface area contributed by atoms with Gasteiger partial charge in [-0.15, -0.1) is 11.3 Å². The molecule has 2 N–H and O–H groups in total. The maximum Gasteiger partial charge on any atom is 0.191 e. The summed E-state index contributed by atoms with van der Waals surface area (Å²) in [6.07, 6.45) is 0. The molecule has 0 saturated carbocycles. The highest BCUT2D eigenvalue weighted by molar-refractivity contribution is 7.11. The zero-order chi connectivity index (χ0) is 16.8. The van der Waals surface area contributed by atoms with E-state index in [9.17, 15) is 4.39 Å². The Morgan fingerprint density at radius 1 is 1.26 bits per heavy atom. The number of benzene rings is 1. The number of guanidine groups is 1. The minimum atomic E-state index is -0.189. The highest BCUT2D eigenvalue weighted by Crippen LogP contribution is 2.16. The molecular weight excluding hydrogens is 311 g/mol. The molecule has 6 heteroatoms. The van der Waals surface area contributed by atoms with Crippen molar-refractivity contribution in [2.75, 3.05) is 6.54 Å². The van der Waals surface area contributed by atoms with E-state index in [4.69, 9.17) is 0 Å². The van der Waals surface area contributed by atoms with Crippen LogP contribution in [-0.2, 0) is 13.1 Å². The van der Waals surface area contributed by atoms with Crippen LogP contribution in [-0.4, -0.2) is 17.5 Å². The van der Waals surface area contributed by atoms with Gasteiger partial charge in [-0.3, -0.25) is 0 Å². The third-order valence-corrected chi connectivity index (χ3v) is 4.49. The molecule has 124 valence electrons. The molecule has 2 rings (SSSR count). The molecule has 0 saturated heterocycles. The van der Waals surface area contributed by atoms with Crippen LogP contribution in [0.25, 0.3) is 0 Å². The fraction of sp³-hybridized carbons (Fsp3) is 0.412. The van der Waals surface area contributed by atoms with Gasteiger partial charge >= 0.3 is 0 Å². The van der Waals surface area contributed by atoms with Gasteiger partial charge in [0.05, 0.1) is 23.8 Å². The summed E-state index contributed by atoms with van der Waals surface area (Å²) in [4.78, 5) is 10.1. The third-order valence-electron chi connectivity index (χ3n) is 3.42. The second-order valence-corrected chi connectivity index (χ2v) is 6.66. The maximum absolute atomic E-state index is 13.6. The Kier molecular flexibility index (Phi) is 6.10. The Labute approximate surface area is 140 Å². The van der Waals surface area contributed by atoms with Crippen molar-refractivity contribution < 1.29 is 4.39 Å². The number of thiazole rings is 1. The van der Waals surface area contributed by atoms with Crippen molar-refractivity contribution in [3.05, 3.63) is 50.7 Å². The van der Waals surface area contributed by atoms with Crippen molar-refractivity contribution in [3.63, 3.8) is 0 Å². The van der Waals surface area contributed by atoms with Gasteiger partial charge in [0, 0.05) is 11.4 Å². The molecule has 0 atom stereocenters. The van der Waals surface area contributed by atoms with E-state index >= 15 is 0 Å². The van der Waals surface area contributed by atoms with E-state index in [2.05, 4.69) is 20.6 Å². The number of nitrogens with zero attached hydrogens (tertiary/aromatic N) is 2. The summed E-state index contributed by atoms with van der Waals surface area (Å²) in [6.45, 7) is 9.69. The van der Waals surface area contributed by atoms with Crippen LogP contribution in [0.4, 0.5) is 4.39 Å². The van der Waals surface area contributed by atoms with Crippen LogP contribution in [0.3, 0.4) is 0 Å². The Morgan fingerprint density at radius 3 is 2.65 bits per heavy atom. The monoisotopic (exact) mass is 334 g/mol. The molecule has 0 fully saturated rings. The number of hydrogen-bond acceptors (Lipinski definition) is 3. The fourth-order valence-corrected chi connectivity index (χ4v) is 3.03. The quantitative estimate of drug-likeness (QED) is 0.650. The molecule has 1 aromatic heterocycles. The van der Waals surface area contributed by atoms with Crippen LogP contribution in [0.2, 0.25) is 0 Å². The molecule has 4 nitrogen and oxygen atoms in total. The summed E-state index contributed by atoms with van der Waals surface area (Å²) in [6, 6.07) is 5.23. The minimum absolute atomic E-state index is 0.189. The summed E-state index contributed by atoms with van der Waals surface area (Å²) in [5.74, 6) is 0.533. The number of halogens is 1. The van der Waals surface area contributed by atoms with E-state index in [1.807, 2.05) is 26.8 Å². The molecule has 0 aliphatic rings. The van der Waals surface area contributed by atoms with Crippen LogP contribution >= 0.6 is 11.3 Å². The van der Waals surface area contributed by atoms with Gasteiger partial charge in [0.25, 0.3) is 0 Å². The Hall–Kier alpha value is -1.95. The lowest BCUT2D eigenvalue weighted by atomic mass is 10.1. The predicted octanol–water partition coefficient (Wildman–Crippen LogP) is 3.46. The van der Waals surface area contributed by atoms with Gasteiger partial charge in [-0.05, 0) is 44.9 Å². The van der Waals surface area contributed by atoms with Crippen LogP contribution in [0.5, 0.6) is 0 Å². The first-order valence-electron chi connectivity index (χ1n) is 7.69. The van der Waals surface area contributed by atoms with Gasteiger partial charge in [-0.2, -0.15) is 0 Å². The largest absolute Gasteiger partial charge is 0.357 e. The lowest BCUT2D eigenvalue weighted by molar-refractivity contribution is 0.616. The van der Waals surface area contributed by atoms with Crippen molar-refractivity contribution in [1.29, 1.82) is 0 Å². The zero-order valence-corrected chi connectivity index (χ0v) is 14.9. The molecule has 0 unspecified atom stereocenters. The van der Waals surface area contributed by atoms with Gasteiger partial charge in [-0.1, -0.05) is 12.1 Å². The molecule has 0 bridgehead atoms. The number of aliphatic imine (C=N–C) groups is 1. The number of nitrogens with one attached hydrogen (secondary N) is 2. The summed E-state index contributed by atoms with van der Waals surface area (Å²) >= 11 is 1.69. The SMILES string of the molecule is CCNC(=NCc1ccc(C)c(F)c1)NCc1sc(C)nc1C. The van der Waals surface area contributed by atoms with E-state index in [-0.39, 0.29) is 5.82 Å². The average molecular weight is 334 g/mol. The average Bonchev–Trinajstić information content (AvgIpc) is 2.83. The summed E-state index contributed by atoms with van der Waals surface area (Å²) in [5.41, 5.74) is 2.56. The molecule has 1 aromatic carbocycles. The zero-order valence-electron chi connectivity index (χ0n) is 14.0. The molecule has 0 spiro atoms. The van der Waals surface area contributed by atoms with Gasteiger partial charge in [0.1, 0.15) is 5.82 Å². The van der Waals surface area contributed by atoms with Gasteiger partial charge in [0.15, 0.2) is 5.96 Å². The highest BCUT2D eigenvalue weighted by atomic mass is 32.1. The molecule has 1 heterocycles. The molecule has 2 aromatic rings. The summed E-state index contributed by atoms with van der Waals surface area (Å²) in [5, 5.41) is 7.57. The van der Waals surface area contributed by atoms with E-state index < -0.39 is 0 Å². The number of aromatic nitrogens is 1. The molecule has 0 aliphatic carbocycles. The highest BCUT2D eigenvalue weighted by Gasteiger charge is 2.06. The lowest BCUT2D eigenvalue weighted by Gasteiger charge is -2.11. The van der Waals surface area contributed by atoms with Gasteiger partial charge < -0.3 is 10.6 Å². The number of rotatable bonds is 5. The Balaban J connectivity index is 2.01. The first-order chi connectivity index (χ1) is 11.0. The maximum atomic E-state index is 13.6. The lowest BCUT2D eigenvalue weighted by Crippen LogP contribution is -2.36. The Morgan fingerprint density at radius 2 is 2.04 bits per heavy atom. The first-order valence-corrected chi connectivity index (χ1v) is 8.51. The van der Waals surface area contributed by atoms with Crippen LogP contribution in [0.1, 0.15) is 33.6 Å². The van der Waals surface area contributed by atoms with E-state index in [1.165, 1.54) is 4.88 Å². The van der Waals surface area contributed by atoms with Crippen LogP contribution in [0.15, 0.2) is 23.2 Å². The summed E-state index contributed by atoms with van der Waals surface area (Å²) in [7, 11) is 0. The van der Waals surface area contributed by atoms with Crippen molar-refractivity contribution in [3.8, 4) is 0 Å². The van der Waals surface area contributed by atoms with Crippen molar-refractivity contribution >= 4 is 17.3 Å². The van der Waals surface area contributed by atoms with Crippen LogP contribution < -0.4 is 10.6 Å². The van der Waals surface area contributed by atoms with Crippen LogP contribution in [0, 0.1) is 26.6 Å². The smallest absolute Gasteiger partial charge is 0.191 e. The molecular formula is C17H23FN4S. The van der Waals surface area contributed by atoms with E-state index in [0.717, 1.165) is 28.8 Å². The molecule has 0 radical (unpaired) electrons. The standard InChI is InChI=1S/C17H23FN4S/c1-5-19-17(21-10-16-12(3)22-13(4)23-16)20-9-14-7-6-11(2)15(18)8-14/h6-8H,5,9-10H2,1-4H3,(H2,19,20,21). The van der Waals surface area contributed by atoms with Crippen molar-refractivity contribution in [2.45, 2.75) is 40.8 Å². The second-order valence-electron chi connectivity index (χ2n) is 5.37. The number of hydrogen-bond donors (Lipinski definition) is 2. The first kappa shape index (κ1) is 17.4. The normalized spacial score (nSPS) is 11.6. The Bertz CT molecular complexity index is 694. The topological polar surface area (TPSA) is 49.3 Å². The predicted molar refractivity (Wildman–Crippen MR) is 94.4 cm³/mol. The number of aryl methyl sites for hydroxylation is 3. The van der Waals surface area contributed by atoms with E-state index in [1.54, 1.807) is 30.4 Å². The van der Waals surface area contributed by atoms with Gasteiger partial charge in [-0.25, -0.2) is 14.4 Å². The molecule has 0 aliphatic heterocycles.